The zero-order valence-corrected chi connectivity index (χ0v) is 7.88. The first-order chi connectivity index (χ1) is 5.88. The van der Waals surface area contributed by atoms with E-state index in [9.17, 15) is 0 Å². The minimum atomic E-state index is 0.663. The third-order valence-electron chi connectivity index (χ3n) is 2.21. The Labute approximate surface area is 74.8 Å². The number of benzene rings is 1. The molecular formula is C11H17N. The van der Waals surface area contributed by atoms with Crippen molar-refractivity contribution in [2.45, 2.75) is 19.3 Å². The second-order valence-corrected chi connectivity index (χ2v) is 3.07. The quantitative estimate of drug-likeness (QED) is 0.718. The molecule has 1 rings (SSSR count). The molecule has 0 fully saturated rings. The molecule has 0 saturated heterocycles. The van der Waals surface area contributed by atoms with Crippen molar-refractivity contribution in [1.82, 2.24) is 5.32 Å². The smallest absolute Gasteiger partial charge is 0.00170 e. The lowest BCUT2D eigenvalue weighted by molar-refractivity contribution is 0.612. The molecule has 0 spiro atoms. The van der Waals surface area contributed by atoms with Crippen LogP contribution in [0.15, 0.2) is 30.3 Å². The molecule has 12 heavy (non-hydrogen) atoms. The molecule has 0 unspecified atom stereocenters. The average molecular weight is 163 g/mol. The topological polar surface area (TPSA) is 12.0 Å². The van der Waals surface area contributed by atoms with E-state index < -0.39 is 0 Å². The third kappa shape index (κ3) is 2.35. The fourth-order valence-electron chi connectivity index (χ4n) is 1.47. The molecule has 1 nitrogen and oxygen atoms in total. The molecule has 1 aromatic carbocycles. The first-order valence-electron chi connectivity index (χ1n) is 4.58. The number of rotatable bonds is 4. The summed E-state index contributed by atoms with van der Waals surface area (Å²) in [6.45, 7) is 3.30. The molecule has 0 aliphatic heterocycles. The van der Waals surface area contributed by atoms with Gasteiger partial charge in [-0.3, -0.25) is 0 Å². The van der Waals surface area contributed by atoms with Crippen LogP contribution in [-0.4, -0.2) is 13.6 Å². The van der Waals surface area contributed by atoms with Gasteiger partial charge in [0.05, 0.1) is 0 Å². The minimum Gasteiger partial charge on any atom is -0.319 e. The molecule has 1 N–H and O–H groups in total. The zero-order chi connectivity index (χ0) is 8.81. The highest BCUT2D eigenvalue weighted by Gasteiger charge is 2.05. The first kappa shape index (κ1) is 9.27. The summed E-state index contributed by atoms with van der Waals surface area (Å²) in [7, 11) is 2.01. The Kier molecular flexibility index (Phi) is 3.81. The maximum Gasteiger partial charge on any atom is 0.00170 e. The van der Waals surface area contributed by atoms with Gasteiger partial charge in [-0.15, -0.1) is 0 Å². The Morgan fingerprint density at radius 3 is 2.42 bits per heavy atom. The van der Waals surface area contributed by atoms with Crippen LogP contribution >= 0.6 is 0 Å². The van der Waals surface area contributed by atoms with Crippen LogP contribution in [0.3, 0.4) is 0 Å². The summed E-state index contributed by atoms with van der Waals surface area (Å²) in [4.78, 5) is 0. The van der Waals surface area contributed by atoms with Crippen molar-refractivity contribution < 1.29 is 0 Å². The maximum absolute atomic E-state index is 3.22. The highest BCUT2D eigenvalue weighted by molar-refractivity contribution is 5.19. The normalized spacial score (nSPS) is 12.8. The predicted octanol–water partition coefficient (Wildman–Crippen LogP) is 2.40. The molecule has 0 amide bonds. The molecule has 66 valence electrons. The van der Waals surface area contributed by atoms with Crippen LogP contribution in [0, 0.1) is 0 Å². The van der Waals surface area contributed by atoms with Crippen molar-refractivity contribution in [2.75, 3.05) is 13.6 Å². The largest absolute Gasteiger partial charge is 0.319 e. The van der Waals surface area contributed by atoms with Crippen molar-refractivity contribution in [3.05, 3.63) is 35.9 Å². The lowest BCUT2D eigenvalue weighted by Gasteiger charge is -2.13. The van der Waals surface area contributed by atoms with E-state index in [-0.39, 0.29) is 0 Å². The Balaban J connectivity index is 2.66. The molecule has 1 heteroatoms. The van der Waals surface area contributed by atoms with Gasteiger partial charge >= 0.3 is 0 Å². The van der Waals surface area contributed by atoms with Crippen LogP contribution in [0.5, 0.6) is 0 Å². The summed E-state index contributed by atoms with van der Waals surface area (Å²) in [6, 6.07) is 10.7. The molecule has 1 atom stereocenters. The first-order valence-corrected chi connectivity index (χ1v) is 4.58. The summed E-state index contributed by atoms with van der Waals surface area (Å²) in [6.07, 6.45) is 1.20. The van der Waals surface area contributed by atoms with Gasteiger partial charge in [0.2, 0.25) is 0 Å². The fraction of sp³-hybridized carbons (Fsp3) is 0.455. The standard InChI is InChI=1S/C11H17N/c1-3-10(9-12-2)11-7-5-4-6-8-11/h4-8,10,12H,3,9H2,1-2H3/t10-/m0/s1. The molecule has 0 heterocycles. The zero-order valence-electron chi connectivity index (χ0n) is 7.88. The van der Waals surface area contributed by atoms with Gasteiger partial charge in [0, 0.05) is 6.54 Å². The Morgan fingerprint density at radius 1 is 1.25 bits per heavy atom. The Morgan fingerprint density at radius 2 is 1.92 bits per heavy atom. The molecular weight excluding hydrogens is 146 g/mol. The van der Waals surface area contributed by atoms with E-state index in [0.29, 0.717) is 5.92 Å². The minimum absolute atomic E-state index is 0.663. The second kappa shape index (κ2) is 4.94. The van der Waals surface area contributed by atoms with Crippen molar-refractivity contribution in [1.29, 1.82) is 0 Å². The van der Waals surface area contributed by atoms with Gasteiger partial charge in [-0.1, -0.05) is 37.3 Å². The summed E-state index contributed by atoms with van der Waals surface area (Å²) in [5, 5.41) is 3.22. The van der Waals surface area contributed by atoms with Gasteiger partial charge in [-0.2, -0.15) is 0 Å². The van der Waals surface area contributed by atoms with E-state index >= 15 is 0 Å². The van der Waals surface area contributed by atoms with E-state index in [4.69, 9.17) is 0 Å². The van der Waals surface area contributed by atoms with Crippen molar-refractivity contribution in [2.24, 2.45) is 0 Å². The van der Waals surface area contributed by atoms with Gasteiger partial charge in [-0.25, -0.2) is 0 Å². The van der Waals surface area contributed by atoms with Crippen LogP contribution in [-0.2, 0) is 0 Å². The van der Waals surface area contributed by atoms with E-state index in [2.05, 4.69) is 42.6 Å². The number of hydrogen-bond acceptors (Lipinski definition) is 1. The SMILES string of the molecule is CC[C@@H](CNC)c1ccccc1. The highest BCUT2D eigenvalue weighted by Crippen LogP contribution is 2.17. The van der Waals surface area contributed by atoms with E-state index in [1.54, 1.807) is 0 Å². The predicted molar refractivity (Wildman–Crippen MR) is 53.4 cm³/mol. The number of nitrogens with one attached hydrogen (secondary N) is 1. The van der Waals surface area contributed by atoms with Crippen LogP contribution in [0.4, 0.5) is 0 Å². The number of likely N-dealkylation sites (N-methyl/N-ethyl adjacent to an activating group) is 1. The van der Waals surface area contributed by atoms with Crippen molar-refractivity contribution in [3.8, 4) is 0 Å². The summed E-state index contributed by atoms with van der Waals surface area (Å²) in [5.74, 6) is 0.663. The van der Waals surface area contributed by atoms with Gasteiger partial charge in [-0.05, 0) is 24.9 Å². The Hall–Kier alpha value is -0.820. The van der Waals surface area contributed by atoms with E-state index in [1.807, 2.05) is 7.05 Å². The van der Waals surface area contributed by atoms with E-state index in [0.717, 1.165) is 6.54 Å². The summed E-state index contributed by atoms with van der Waals surface area (Å²) in [5.41, 5.74) is 1.44. The van der Waals surface area contributed by atoms with Gasteiger partial charge in [0.15, 0.2) is 0 Å². The maximum atomic E-state index is 3.22. The molecule has 0 saturated carbocycles. The second-order valence-electron chi connectivity index (χ2n) is 3.07. The fourth-order valence-corrected chi connectivity index (χ4v) is 1.47. The molecule has 0 aliphatic rings. The lowest BCUT2D eigenvalue weighted by Crippen LogP contribution is -2.16. The average Bonchev–Trinajstić information content (AvgIpc) is 2.15. The summed E-state index contributed by atoms with van der Waals surface area (Å²) >= 11 is 0. The molecule has 0 radical (unpaired) electrons. The van der Waals surface area contributed by atoms with Gasteiger partial charge in [0.25, 0.3) is 0 Å². The van der Waals surface area contributed by atoms with Crippen LogP contribution in [0.1, 0.15) is 24.8 Å². The highest BCUT2D eigenvalue weighted by atomic mass is 14.8. The van der Waals surface area contributed by atoms with Crippen LogP contribution < -0.4 is 5.32 Å². The summed E-state index contributed by atoms with van der Waals surface area (Å²) < 4.78 is 0. The molecule has 0 bridgehead atoms. The van der Waals surface area contributed by atoms with Gasteiger partial charge in [0.1, 0.15) is 0 Å². The number of hydrogen-bond donors (Lipinski definition) is 1. The van der Waals surface area contributed by atoms with Crippen LogP contribution in [0.2, 0.25) is 0 Å². The van der Waals surface area contributed by atoms with Crippen LogP contribution in [0.25, 0.3) is 0 Å². The van der Waals surface area contributed by atoms with E-state index in [1.165, 1.54) is 12.0 Å². The third-order valence-corrected chi connectivity index (χ3v) is 2.21. The Bertz CT molecular complexity index is 206. The molecule has 1 aromatic rings. The molecule has 0 aliphatic carbocycles. The van der Waals surface area contributed by atoms with Crippen molar-refractivity contribution >= 4 is 0 Å². The lowest BCUT2D eigenvalue weighted by atomic mass is 9.97. The van der Waals surface area contributed by atoms with Gasteiger partial charge < -0.3 is 5.32 Å². The monoisotopic (exact) mass is 163 g/mol. The van der Waals surface area contributed by atoms with Crippen molar-refractivity contribution in [3.63, 3.8) is 0 Å². The molecule has 0 aromatic heterocycles.